The van der Waals surface area contributed by atoms with Crippen molar-refractivity contribution >= 4 is 12.0 Å². The molecule has 2 heterocycles. The van der Waals surface area contributed by atoms with Crippen LogP contribution >= 0.6 is 0 Å². The number of benzene rings is 2. The molecule has 6 nitrogen and oxygen atoms in total. The Morgan fingerprint density at radius 2 is 1.73 bits per heavy atom. The molecule has 1 N–H and O–H groups in total. The Labute approximate surface area is 178 Å². The highest BCUT2D eigenvalue weighted by Crippen LogP contribution is 2.32. The second kappa shape index (κ2) is 9.78. The summed E-state index contributed by atoms with van der Waals surface area (Å²) in [4.78, 5) is 16.8. The van der Waals surface area contributed by atoms with Crippen molar-refractivity contribution in [1.82, 2.24) is 15.1 Å². The van der Waals surface area contributed by atoms with Crippen molar-refractivity contribution in [3.05, 3.63) is 65.2 Å². The van der Waals surface area contributed by atoms with Crippen LogP contribution in [0, 0.1) is 0 Å². The van der Waals surface area contributed by atoms with Gasteiger partial charge >= 0.3 is 0 Å². The molecule has 158 valence electrons. The first-order valence-corrected chi connectivity index (χ1v) is 10.6. The van der Waals surface area contributed by atoms with Crippen molar-refractivity contribution in [3.8, 4) is 11.5 Å². The first kappa shape index (κ1) is 20.4. The molecule has 6 heteroatoms. The number of hydrogen-bond donors (Lipinski definition) is 1. The van der Waals surface area contributed by atoms with E-state index in [4.69, 9.17) is 9.47 Å². The number of nitrogens with one attached hydrogen (secondary N) is 1. The highest BCUT2D eigenvalue weighted by molar-refractivity contribution is 5.91. The number of carbonyl (C=O) groups excluding carboxylic acids is 1. The largest absolute Gasteiger partial charge is 0.454 e. The zero-order chi connectivity index (χ0) is 20.8. The van der Waals surface area contributed by atoms with E-state index in [1.807, 2.05) is 23.1 Å². The normalized spacial score (nSPS) is 16.4. The molecule has 30 heavy (non-hydrogen) atoms. The van der Waals surface area contributed by atoms with Crippen LogP contribution in [0.1, 0.15) is 23.6 Å². The third-order valence-electron chi connectivity index (χ3n) is 5.50. The van der Waals surface area contributed by atoms with Crippen molar-refractivity contribution in [1.29, 1.82) is 0 Å². The van der Waals surface area contributed by atoms with Gasteiger partial charge in [-0.15, -0.1) is 0 Å². The maximum atomic E-state index is 12.6. The molecule has 1 fully saturated rings. The van der Waals surface area contributed by atoms with E-state index < -0.39 is 0 Å². The number of hydrogen-bond acceptors (Lipinski definition) is 5. The van der Waals surface area contributed by atoms with Crippen LogP contribution in [-0.2, 0) is 17.9 Å². The summed E-state index contributed by atoms with van der Waals surface area (Å²) in [5, 5.41) is 3.31. The van der Waals surface area contributed by atoms with Crippen LogP contribution in [0.4, 0.5) is 0 Å². The topological polar surface area (TPSA) is 54.0 Å². The van der Waals surface area contributed by atoms with Gasteiger partial charge in [0.1, 0.15) is 0 Å². The van der Waals surface area contributed by atoms with Crippen LogP contribution in [-0.4, -0.2) is 55.2 Å². The fourth-order valence-electron chi connectivity index (χ4n) is 3.71. The van der Waals surface area contributed by atoms with Crippen molar-refractivity contribution in [2.45, 2.75) is 20.0 Å². The predicted molar refractivity (Wildman–Crippen MR) is 117 cm³/mol. The van der Waals surface area contributed by atoms with Gasteiger partial charge in [-0.3, -0.25) is 9.69 Å². The summed E-state index contributed by atoms with van der Waals surface area (Å²) in [5.74, 6) is 1.71. The van der Waals surface area contributed by atoms with Crippen molar-refractivity contribution in [2.24, 2.45) is 0 Å². The molecule has 0 aromatic heterocycles. The molecule has 2 aliphatic heterocycles. The van der Waals surface area contributed by atoms with E-state index in [2.05, 4.69) is 47.5 Å². The molecule has 0 aliphatic carbocycles. The number of carbonyl (C=O) groups is 1. The Balaban J connectivity index is 1.24. The van der Waals surface area contributed by atoms with Crippen LogP contribution < -0.4 is 14.8 Å². The summed E-state index contributed by atoms with van der Waals surface area (Å²) in [6.45, 7) is 8.31. The molecule has 0 bridgehead atoms. The maximum absolute atomic E-state index is 12.6. The van der Waals surface area contributed by atoms with E-state index in [1.165, 1.54) is 11.1 Å². The highest BCUT2D eigenvalue weighted by atomic mass is 16.7. The molecular formula is C24H29N3O3. The summed E-state index contributed by atoms with van der Waals surface area (Å²) >= 11 is 0. The monoisotopic (exact) mass is 407 g/mol. The second-order valence-electron chi connectivity index (χ2n) is 7.64. The quantitative estimate of drug-likeness (QED) is 0.716. The van der Waals surface area contributed by atoms with E-state index >= 15 is 0 Å². The average molecular weight is 408 g/mol. The van der Waals surface area contributed by atoms with E-state index in [-0.39, 0.29) is 5.91 Å². The molecule has 0 atom stereocenters. The van der Waals surface area contributed by atoms with Crippen LogP contribution in [0.15, 0.2) is 48.5 Å². The number of rotatable bonds is 7. The van der Waals surface area contributed by atoms with Crippen molar-refractivity contribution < 1.29 is 14.3 Å². The Morgan fingerprint density at radius 3 is 2.50 bits per heavy atom. The number of piperazine rings is 1. The summed E-state index contributed by atoms with van der Waals surface area (Å²) in [7, 11) is 0. The first-order chi connectivity index (χ1) is 14.7. The number of fused-ring (bicyclic) bond motifs is 1. The smallest absolute Gasteiger partial charge is 0.246 e. The van der Waals surface area contributed by atoms with Gasteiger partial charge in [0.25, 0.3) is 0 Å². The van der Waals surface area contributed by atoms with Gasteiger partial charge in [0.15, 0.2) is 11.5 Å². The van der Waals surface area contributed by atoms with Gasteiger partial charge < -0.3 is 19.7 Å². The SMILES string of the molecule is CCNCc1ccc(/C=C/C(=O)N2CCN(Cc3ccc4c(c3)OCO4)CC2)cc1. The number of ether oxygens (including phenoxy) is 2. The minimum Gasteiger partial charge on any atom is -0.454 e. The second-order valence-corrected chi connectivity index (χ2v) is 7.64. The van der Waals surface area contributed by atoms with E-state index in [0.29, 0.717) is 6.79 Å². The van der Waals surface area contributed by atoms with Gasteiger partial charge in [-0.25, -0.2) is 0 Å². The Kier molecular flexibility index (Phi) is 6.67. The van der Waals surface area contributed by atoms with E-state index in [9.17, 15) is 4.79 Å². The minimum absolute atomic E-state index is 0.0782. The molecule has 2 aliphatic rings. The van der Waals surface area contributed by atoms with Crippen LogP contribution in [0.5, 0.6) is 11.5 Å². The summed E-state index contributed by atoms with van der Waals surface area (Å²) in [6, 6.07) is 14.4. The third-order valence-corrected chi connectivity index (χ3v) is 5.50. The molecule has 1 saturated heterocycles. The molecule has 0 saturated carbocycles. The van der Waals surface area contributed by atoms with E-state index in [1.54, 1.807) is 6.08 Å². The Hall–Kier alpha value is -2.83. The molecule has 0 unspecified atom stereocenters. The van der Waals surface area contributed by atoms with Crippen LogP contribution in [0.3, 0.4) is 0 Å². The maximum Gasteiger partial charge on any atom is 0.246 e. The zero-order valence-corrected chi connectivity index (χ0v) is 17.5. The van der Waals surface area contributed by atoms with Gasteiger partial charge in [0, 0.05) is 45.3 Å². The molecule has 0 spiro atoms. The van der Waals surface area contributed by atoms with Crippen molar-refractivity contribution in [3.63, 3.8) is 0 Å². The molecule has 2 aromatic rings. The molecule has 0 radical (unpaired) electrons. The first-order valence-electron chi connectivity index (χ1n) is 10.6. The average Bonchev–Trinajstić information content (AvgIpc) is 3.25. The lowest BCUT2D eigenvalue weighted by Gasteiger charge is -2.34. The predicted octanol–water partition coefficient (Wildman–Crippen LogP) is 2.88. The molecule has 4 rings (SSSR count). The lowest BCUT2D eigenvalue weighted by molar-refractivity contribution is -0.127. The lowest BCUT2D eigenvalue weighted by Crippen LogP contribution is -2.47. The van der Waals surface area contributed by atoms with E-state index in [0.717, 1.165) is 62.9 Å². The zero-order valence-electron chi connectivity index (χ0n) is 17.5. The molecule has 1 amide bonds. The van der Waals surface area contributed by atoms with Crippen LogP contribution in [0.25, 0.3) is 6.08 Å². The Morgan fingerprint density at radius 1 is 1.00 bits per heavy atom. The van der Waals surface area contributed by atoms with Crippen molar-refractivity contribution in [2.75, 3.05) is 39.5 Å². The third kappa shape index (κ3) is 5.20. The number of amides is 1. The fraction of sp³-hybridized carbons (Fsp3) is 0.375. The minimum atomic E-state index is 0.0782. The van der Waals surface area contributed by atoms with Gasteiger partial charge in [-0.05, 0) is 41.4 Å². The Bertz CT molecular complexity index is 887. The fourth-order valence-corrected chi connectivity index (χ4v) is 3.71. The standard InChI is InChI=1S/C24H29N3O3/c1-2-25-16-20-5-3-19(4-6-20)8-10-24(28)27-13-11-26(12-14-27)17-21-7-9-22-23(15-21)30-18-29-22/h3-10,15,25H,2,11-14,16-18H2,1H3/b10-8+. The van der Waals surface area contributed by atoms with Crippen LogP contribution in [0.2, 0.25) is 0 Å². The van der Waals surface area contributed by atoms with Gasteiger partial charge in [0.05, 0.1) is 0 Å². The molecular weight excluding hydrogens is 378 g/mol. The highest BCUT2D eigenvalue weighted by Gasteiger charge is 2.20. The molecule has 2 aromatic carbocycles. The number of nitrogens with zero attached hydrogens (tertiary/aromatic N) is 2. The van der Waals surface area contributed by atoms with Gasteiger partial charge in [-0.2, -0.15) is 0 Å². The summed E-state index contributed by atoms with van der Waals surface area (Å²) in [6.07, 6.45) is 3.59. The van der Waals surface area contributed by atoms with Gasteiger partial charge in [-0.1, -0.05) is 37.3 Å². The summed E-state index contributed by atoms with van der Waals surface area (Å²) in [5.41, 5.74) is 3.50. The summed E-state index contributed by atoms with van der Waals surface area (Å²) < 4.78 is 10.8. The lowest BCUT2D eigenvalue weighted by atomic mass is 10.1. The van der Waals surface area contributed by atoms with Gasteiger partial charge in [0.2, 0.25) is 12.7 Å².